The monoisotopic (exact) mass is 338 g/mol. The molecule has 1 N–H and O–H groups in total. The van der Waals surface area contributed by atoms with Gasteiger partial charge in [0.2, 0.25) is 5.91 Å². The fraction of sp³-hybridized carbons (Fsp3) is 0.421. The number of nitrogens with one attached hydrogen (secondary N) is 1. The average Bonchev–Trinajstić information content (AvgIpc) is 3.41. The molecular weight excluding hydrogens is 316 g/mol. The van der Waals surface area contributed by atoms with Gasteiger partial charge < -0.3 is 14.6 Å². The summed E-state index contributed by atoms with van der Waals surface area (Å²) in [6, 6.07) is 3.82. The van der Waals surface area contributed by atoms with Crippen LogP contribution in [0.5, 0.6) is 0 Å². The van der Waals surface area contributed by atoms with Gasteiger partial charge in [-0.3, -0.25) is 9.78 Å². The zero-order valence-corrected chi connectivity index (χ0v) is 14.3. The lowest BCUT2D eigenvalue weighted by Crippen LogP contribution is -2.36. The number of carbonyl (C=O) groups is 1. The number of H-pyrrole nitrogens is 1. The van der Waals surface area contributed by atoms with Crippen molar-refractivity contribution in [3.8, 4) is 11.3 Å². The molecule has 1 aliphatic heterocycles. The highest BCUT2D eigenvalue weighted by molar-refractivity contribution is 5.80. The number of nitrogens with zero attached hydrogens (tertiary/aromatic N) is 3. The quantitative estimate of drug-likeness (QED) is 0.870. The van der Waals surface area contributed by atoms with Crippen LogP contribution in [0.15, 0.2) is 42.9 Å². The van der Waals surface area contributed by atoms with E-state index in [2.05, 4.69) is 27.1 Å². The topological polar surface area (TPSA) is 71.1 Å². The smallest absolute Gasteiger partial charge is 0.227 e. The molecule has 0 saturated carbocycles. The first-order valence-corrected chi connectivity index (χ1v) is 8.70. The molecule has 2 atom stereocenters. The summed E-state index contributed by atoms with van der Waals surface area (Å²) in [7, 11) is 1.70. The predicted octanol–water partition coefficient (Wildman–Crippen LogP) is 2.73. The van der Waals surface area contributed by atoms with Gasteiger partial charge in [0.1, 0.15) is 5.82 Å². The van der Waals surface area contributed by atoms with Crippen molar-refractivity contribution in [2.24, 2.45) is 5.92 Å². The van der Waals surface area contributed by atoms with Gasteiger partial charge in [-0.15, -0.1) is 0 Å². The van der Waals surface area contributed by atoms with Gasteiger partial charge in [0, 0.05) is 44.0 Å². The summed E-state index contributed by atoms with van der Waals surface area (Å²) < 4.78 is 5.54. The van der Waals surface area contributed by atoms with E-state index in [4.69, 9.17) is 4.74 Å². The molecule has 2 aromatic heterocycles. The molecule has 3 heterocycles. The maximum Gasteiger partial charge on any atom is 0.227 e. The van der Waals surface area contributed by atoms with Crippen LogP contribution >= 0.6 is 0 Å². The Morgan fingerprint density at radius 2 is 2.16 bits per heavy atom. The highest BCUT2D eigenvalue weighted by Crippen LogP contribution is 2.35. The summed E-state index contributed by atoms with van der Waals surface area (Å²) in [4.78, 5) is 27.0. The summed E-state index contributed by atoms with van der Waals surface area (Å²) in [6.45, 7) is 0.624. The number of likely N-dealkylation sites (tertiary alicyclic amines) is 1. The highest BCUT2D eigenvalue weighted by Gasteiger charge is 2.40. The Bertz CT molecular complexity index is 763. The number of methoxy groups -OCH3 is 1. The summed E-state index contributed by atoms with van der Waals surface area (Å²) in [5.74, 6) is 1.08. The van der Waals surface area contributed by atoms with Crippen molar-refractivity contribution in [2.75, 3.05) is 13.7 Å². The number of aromatic amines is 1. The Balaban J connectivity index is 1.58. The molecule has 4 rings (SSSR count). The molecule has 0 unspecified atom stereocenters. The first kappa shape index (κ1) is 16.0. The van der Waals surface area contributed by atoms with Crippen molar-refractivity contribution in [3.63, 3.8) is 0 Å². The number of rotatable bonds is 4. The summed E-state index contributed by atoms with van der Waals surface area (Å²) in [5.41, 5.74) is 1.90. The summed E-state index contributed by atoms with van der Waals surface area (Å²) in [5, 5.41) is 0. The minimum atomic E-state index is -0.0662. The summed E-state index contributed by atoms with van der Waals surface area (Å²) in [6.07, 6.45) is 12.0. The maximum absolute atomic E-state index is 12.9. The standard InChI is InChI=1S/C19H22N4O2/c1-25-15-9-17(23(12-15)19(24)13-5-2-3-6-13)18-21-11-16(22-18)14-7-4-8-20-10-14/h2-4,7-8,10-11,13,15,17H,5-6,9,12H2,1H3,(H,21,22)/t15-,17+/m1/s1. The largest absolute Gasteiger partial charge is 0.380 e. The van der Waals surface area contributed by atoms with E-state index in [1.165, 1.54) is 0 Å². The third-order valence-corrected chi connectivity index (χ3v) is 5.12. The number of pyridine rings is 1. The van der Waals surface area contributed by atoms with Crippen molar-refractivity contribution in [3.05, 3.63) is 48.7 Å². The van der Waals surface area contributed by atoms with Crippen LogP contribution in [0.4, 0.5) is 0 Å². The number of aromatic nitrogens is 3. The zero-order valence-electron chi connectivity index (χ0n) is 14.3. The number of imidazole rings is 1. The molecule has 1 amide bonds. The Kier molecular flexibility index (Phi) is 4.36. The van der Waals surface area contributed by atoms with E-state index in [9.17, 15) is 4.79 Å². The second-order valence-electron chi connectivity index (χ2n) is 6.66. The fourth-order valence-corrected chi connectivity index (χ4v) is 3.70. The average molecular weight is 338 g/mol. The van der Waals surface area contributed by atoms with E-state index < -0.39 is 0 Å². The van der Waals surface area contributed by atoms with E-state index in [1.54, 1.807) is 19.5 Å². The molecular formula is C19H22N4O2. The van der Waals surface area contributed by atoms with Gasteiger partial charge >= 0.3 is 0 Å². The molecule has 1 saturated heterocycles. The van der Waals surface area contributed by atoms with Crippen molar-refractivity contribution in [1.29, 1.82) is 0 Å². The van der Waals surface area contributed by atoms with Gasteiger partial charge in [0.15, 0.2) is 0 Å². The van der Waals surface area contributed by atoms with Gasteiger partial charge in [-0.25, -0.2) is 4.98 Å². The number of amides is 1. The Hall–Kier alpha value is -2.47. The van der Waals surface area contributed by atoms with Gasteiger partial charge in [-0.1, -0.05) is 12.2 Å². The van der Waals surface area contributed by atoms with Crippen LogP contribution in [0.2, 0.25) is 0 Å². The lowest BCUT2D eigenvalue weighted by molar-refractivity contribution is -0.136. The number of hydrogen-bond acceptors (Lipinski definition) is 4. The normalized spacial score (nSPS) is 23.5. The van der Waals surface area contributed by atoms with Crippen LogP contribution in [-0.2, 0) is 9.53 Å². The molecule has 25 heavy (non-hydrogen) atoms. The number of allylic oxidation sites excluding steroid dienone is 2. The SMILES string of the molecule is CO[C@@H]1C[C@@H](c2ncc(-c3cccnc3)[nH]2)N(C(=O)C2CC=CC2)C1. The molecule has 2 aromatic rings. The molecule has 0 spiro atoms. The van der Waals surface area contributed by atoms with Crippen LogP contribution in [0.3, 0.4) is 0 Å². The molecule has 130 valence electrons. The van der Waals surface area contributed by atoms with E-state index >= 15 is 0 Å². The second-order valence-corrected chi connectivity index (χ2v) is 6.66. The van der Waals surface area contributed by atoms with Crippen molar-refractivity contribution >= 4 is 5.91 Å². The number of hydrogen-bond donors (Lipinski definition) is 1. The van der Waals surface area contributed by atoms with Crippen LogP contribution in [-0.4, -0.2) is 45.5 Å². The van der Waals surface area contributed by atoms with Gasteiger partial charge in [-0.2, -0.15) is 0 Å². The first-order chi connectivity index (χ1) is 12.3. The minimum Gasteiger partial charge on any atom is -0.380 e. The first-order valence-electron chi connectivity index (χ1n) is 8.70. The van der Waals surface area contributed by atoms with Crippen molar-refractivity contribution in [1.82, 2.24) is 19.9 Å². The van der Waals surface area contributed by atoms with E-state index in [0.29, 0.717) is 6.54 Å². The van der Waals surface area contributed by atoms with Gasteiger partial charge in [-0.05, 0) is 25.0 Å². The zero-order chi connectivity index (χ0) is 17.2. The number of ether oxygens (including phenoxy) is 1. The van der Waals surface area contributed by atoms with E-state index in [-0.39, 0.29) is 24.0 Å². The van der Waals surface area contributed by atoms with Crippen LogP contribution in [0.25, 0.3) is 11.3 Å². The molecule has 6 heteroatoms. The third-order valence-electron chi connectivity index (χ3n) is 5.12. The third kappa shape index (κ3) is 3.09. The lowest BCUT2D eigenvalue weighted by Gasteiger charge is -2.26. The Labute approximate surface area is 146 Å². The van der Waals surface area contributed by atoms with Crippen molar-refractivity contribution in [2.45, 2.75) is 31.4 Å². The van der Waals surface area contributed by atoms with Crippen LogP contribution < -0.4 is 0 Å². The van der Waals surface area contributed by atoms with Crippen molar-refractivity contribution < 1.29 is 9.53 Å². The molecule has 0 radical (unpaired) electrons. The van der Waals surface area contributed by atoms with Crippen LogP contribution in [0, 0.1) is 5.92 Å². The minimum absolute atomic E-state index is 0.0512. The molecule has 0 aromatic carbocycles. The van der Waals surface area contributed by atoms with Gasteiger partial charge in [0.25, 0.3) is 0 Å². The highest BCUT2D eigenvalue weighted by atomic mass is 16.5. The molecule has 1 aliphatic carbocycles. The predicted molar refractivity (Wildman–Crippen MR) is 93.6 cm³/mol. The maximum atomic E-state index is 12.9. The lowest BCUT2D eigenvalue weighted by atomic mass is 10.1. The van der Waals surface area contributed by atoms with E-state index in [1.807, 2.05) is 23.2 Å². The van der Waals surface area contributed by atoms with Crippen LogP contribution in [0.1, 0.15) is 31.1 Å². The summed E-state index contributed by atoms with van der Waals surface area (Å²) >= 11 is 0. The molecule has 6 nitrogen and oxygen atoms in total. The number of carbonyl (C=O) groups excluding carboxylic acids is 1. The fourth-order valence-electron chi connectivity index (χ4n) is 3.70. The Morgan fingerprint density at radius 3 is 2.88 bits per heavy atom. The molecule has 0 bridgehead atoms. The molecule has 2 aliphatic rings. The molecule has 1 fully saturated rings. The second kappa shape index (κ2) is 6.80. The van der Waals surface area contributed by atoms with E-state index in [0.717, 1.165) is 36.3 Å². The Morgan fingerprint density at radius 1 is 1.32 bits per heavy atom. The van der Waals surface area contributed by atoms with Gasteiger partial charge in [0.05, 0.1) is 24.0 Å².